The second kappa shape index (κ2) is 7.13. The zero-order chi connectivity index (χ0) is 16.1. The number of rotatable bonds is 4. The summed E-state index contributed by atoms with van der Waals surface area (Å²) in [6, 6.07) is 9.26. The van der Waals surface area contributed by atoms with Gasteiger partial charge in [0, 0.05) is 5.69 Å². The fourth-order valence-electron chi connectivity index (χ4n) is 1.89. The highest BCUT2D eigenvalue weighted by molar-refractivity contribution is 6.31. The summed E-state index contributed by atoms with van der Waals surface area (Å²) in [7, 11) is 0. The van der Waals surface area contributed by atoms with Gasteiger partial charge in [-0.3, -0.25) is 0 Å². The number of halogens is 2. The molecule has 0 fully saturated rings. The summed E-state index contributed by atoms with van der Waals surface area (Å²) in [5.74, 6) is 0.168. The highest BCUT2D eigenvalue weighted by atomic mass is 35.5. The number of benzene rings is 2. The van der Waals surface area contributed by atoms with Crippen LogP contribution in [0.4, 0.5) is 14.9 Å². The van der Waals surface area contributed by atoms with Crippen LogP contribution in [0.2, 0.25) is 5.02 Å². The lowest BCUT2D eigenvalue weighted by Crippen LogP contribution is -2.32. The van der Waals surface area contributed by atoms with E-state index in [0.717, 1.165) is 11.1 Å². The molecule has 6 heteroatoms. The number of nitrogens with one attached hydrogen (secondary N) is 2. The fraction of sp³-hybridized carbons (Fsp3) is 0.188. The van der Waals surface area contributed by atoms with Crippen LogP contribution in [0.3, 0.4) is 0 Å². The Morgan fingerprint density at radius 3 is 2.68 bits per heavy atom. The van der Waals surface area contributed by atoms with Crippen molar-refractivity contribution in [3.63, 3.8) is 0 Å². The standard InChI is InChI=1S/C16H16ClFN2O2/c1-10-3-6-15(11(2)7-10)22-9-19-16(21)20-12-4-5-14(18)13(17)8-12/h3-8H,9H2,1-2H3,(H2,19,20,21). The Labute approximate surface area is 133 Å². The van der Waals surface area contributed by atoms with Crippen LogP contribution in [0.5, 0.6) is 5.75 Å². The normalized spacial score (nSPS) is 10.2. The zero-order valence-corrected chi connectivity index (χ0v) is 13.0. The van der Waals surface area contributed by atoms with Crippen molar-refractivity contribution in [2.45, 2.75) is 13.8 Å². The Balaban J connectivity index is 1.83. The number of anilines is 1. The maximum absolute atomic E-state index is 13.0. The minimum atomic E-state index is -0.536. The van der Waals surface area contributed by atoms with Crippen molar-refractivity contribution in [3.05, 3.63) is 58.4 Å². The van der Waals surface area contributed by atoms with Crippen molar-refractivity contribution in [2.75, 3.05) is 12.0 Å². The van der Waals surface area contributed by atoms with Crippen LogP contribution in [-0.4, -0.2) is 12.8 Å². The molecule has 0 saturated carbocycles. The van der Waals surface area contributed by atoms with Crippen LogP contribution in [0.1, 0.15) is 11.1 Å². The smallest absolute Gasteiger partial charge is 0.321 e. The van der Waals surface area contributed by atoms with E-state index in [-0.39, 0.29) is 11.8 Å². The van der Waals surface area contributed by atoms with E-state index in [4.69, 9.17) is 16.3 Å². The molecule has 4 nitrogen and oxygen atoms in total. The second-order valence-corrected chi connectivity index (χ2v) is 5.22. The lowest BCUT2D eigenvalue weighted by atomic mass is 10.1. The summed E-state index contributed by atoms with van der Waals surface area (Å²) in [6.45, 7) is 3.95. The fourth-order valence-corrected chi connectivity index (χ4v) is 2.07. The lowest BCUT2D eigenvalue weighted by Gasteiger charge is -2.11. The molecule has 0 bridgehead atoms. The molecular weight excluding hydrogens is 307 g/mol. The molecule has 22 heavy (non-hydrogen) atoms. The van der Waals surface area contributed by atoms with E-state index >= 15 is 0 Å². The van der Waals surface area contributed by atoms with E-state index < -0.39 is 11.8 Å². The van der Waals surface area contributed by atoms with Gasteiger partial charge in [0.2, 0.25) is 0 Å². The summed E-state index contributed by atoms with van der Waals surface area (Å²) in [6.07, 6.45) is 0. The highest BCUT2D eigenvalue weighted by Gasteiger charge is 2.05. The highest BCUT2D eigenvalue weighted by Crippen LogP contribution is 2.19. The number of urea groups is 1. The Morgan fingerprint density at radius 1 is 1.23 bits per heavy atom. The Hall–Kier alpha value is -2.27. The van der Waals surface area contributed by atoms with Crippen molar-refractivity contribution in [1.82, 2.24) is 5.32 Å². The summed E-state index contributed by atoms with van der Waals surface area (Å²) >= 11 is 5.64. The quantitative estimate of drug-likeness (QED) is 0.827. The van der Waals surface area contributed by atoms with E-state index in [0.29, 0.717) is 11.4 Å². The van der Waals surface area contributed by atoms with E-state index in [9.17, 15) is 9.18 Å². The van der Waals surface area contributed by atoms with Crippen molar-refractivity contribution < 1.29 is 13.9 Å². The summed E-state index contributed by atoms with van der Waals surface area (Å²) in [5.41, 5.74) is 2.53. The van der Waals surface area contributed by atoms with Crippen molar-refractivity contribution in [2.24, 2.45) is 0 Å². The molecule has 0 saturated heterocycles. The third kappa shape index (κ3) is 4.36. The van der Waals surface area contributed by atoms with Gasteiger partial charge in [-0.2, -0.15) is 0 Å². The Morgan fingerprint density at radius 2 is 2.00 bits per heavy atom. The SMILES string of the molecule is Cc1ccc(OCNC(=O)Nc2ccc(F)c(Cl)c2)c(C)c1. The molecule has 116 valence electrons. The van der Waals surface area contributed by atoms with Gasteiger partial charge in [-0.15, -0.1) is 0 Å². The minimum Gasteiger partial charge on any atom is -0.473 e. The average molecular weight is 323 g/mol. The molecule has 2 aromatic rings. The molecule has 0 radical (unpaired) electrons. The molecule has 0 aliphatic carbocycles. The van der Waals surface area contributed by atoms with Crippen molar-refractivity contribution >= 4 is 23.3 Å². The van der Waals surface area contributed by atoms with Gasteiger partial charge in [-0.25, -0.2) is 9.18 Å². The van der Waals surface area contributed by atoms with Crippen molar-refractivity contribution in [3.8, 4) is 5.75 Å². The summed E-state index contributed by atoms with van der Waals surface area (Å²) in [4.78, 5) is 11.7. The number of aryl methyl sites for hydroxylation is 2. The maximum Gasteiger partial charge on any atom is 0.321 e. The van der Waals surface area contributed by atoms with Crippen LogP contribution in [0.15, 0.2) is 36.4 Å². The summed E-state index contributed by atoms with van der Waals surface area (Å²) in [5, 5.41) is 5.03. The number of carbonyl (C=O) groups excluding carboxylic acids is 1. The number of amides is 2. The zero-order valence-electron chi connectivity index (χ0n) is 12.2. The van der Waals surface area contributed by atoms with E-state index in [1.54, 1.807) is 0 Å². The van der Waals surface area contributed by atoms with E-state index in [1.165, 1.54) is 18.2 Å². The summed E-state index contributed by atoms with van der Waals surface area (Å²) < 4.78 is 18.5. The van der Waals surface area contributed by atoms with Gasteiger partial charge >= 0.3 is 6.03 Å². The van der Waals surface area contributed by atoms with Crippen LogP contribution >= 0.6 is 11.6 Å². The number of ether oxygens (including phenoxy) is 1. The molecule has 2 amide bonds. The molecule has 0 atom stereocenters. The van der Waals surface area contributed by atoms with Crippen LogP contribution in [0.25, 0.3) is 0 Å². The predicted octanol–water partition coefficient (Wildman–Crippen LogP) is 4.25. The third-order valence-electron chi connectivity index (χ3n) is 2.97. The molecule has 0 unspecified atom stereocenters. The predicted molar refractivity (Wildman–Crippen MR) is 85.0 cm³/mol. The first-order valence-electron chi connectivity index (χ1n) is 6.65. The van der Waals surface area contributed by atoms with Gasteiger partial charge in [0.25, 0.3) is 0 Å². The molecule has 0 aromatic heterocycles. The van der Waals surface area contributed by atoms with Gasteiger partial charge in [0.05, 0.1) is 5.02 Å². The number of hydrogen-bond donors (Lipinski definition) is 2. The molecule has 2 rings (SSSR count). The second-order valence-electron chi connectivity index (χ2n) is 4.82. The van der Waals surface area contributed by atoms with E-state index in [2.05, 4.69) is 10.6 Å². The van der Waals surface area contributed by atoms with Crippen LogP contribution in [0, 0.1) is 19.7 Å². The maximum atomic E-state index is 13.0. The third-order valence-corrected chi connectivity index (χ3v) is 3.26. The molecule has 0 spiro atoms. The molecule has 0 aliphatic rings. The van der Waals surface area contributed by atoms with Crippen LogP contribution in [-0.2, 0) is 0 Å². The number of carbonyl (C=O) groups is 1. The first-order chi connectivity index (χ1) is 10.5. The first-order valence-corrected chi connectivity index (χ1v) is 7.03. The van der Waals surface area contributed by atoms with Gasteiger partial charge in [0.15, 0.2) is 6.73 Å². The molecular formula is C16H16ClFN2O2. The molecule has 0 aliphatic heterocycles. The van der Waals surface area contributed by atoms with E-state index in [1.807, 2.05) is 32.0 Å². The molecule has 2 aromatic carbocycles. The first kappa shape index (κ1) is 16.1. The van der Waals surface area contributed by atoms with Gasteiger partial charge in [0.1, 0.15) is 11.6 Å². The van der Waals surface area contributed by atoms with Crippen LogP contribution < -0.4 is 15.4 Å². The molecule has 0 heterocycles. The Bertz CT molecular complexity index is 692. The average Bonchev–Trinajstić information content (AvgIpc) is 2.45. The van der Waals surface area contributed by atoms with Gasteiger partial charge in [-0.1, -0.05) is 29.3 Å². The number of hydrogen-bond acceptors (Lipinski definition) is 2. The van der Waals surface area contributed by atoms with Crippen molar-refractivity contribution in [1.29, 1.82) is 0 Å². The molecule has 2 N–H and O–H groups in total. The largest absolute Gasteiger partial charge is 0.473 e. The Kier molecular flexibility index (Phi) is 5.22. The monoisotopic (exact) mass is 322 g/mol. The van der Waals surface area contributed by atoms with Gasteiger partial charge < -0.3 is 15.4 Å². The van der Waals surface area contributed by atoms with Gasteiger partial charge in [-0.05, 0) is 43.7 Å². The topological polar surface area (TPSA) is 50.4 Å². The minimum absolute atomic E-state index is 0.0185. The lowest BCUT2D eigenvalue weighted by molar-refractivity contribution is 0.234.